The Bertz CT molecular complexity index is 1080. The maximum atomic E-state index is 13.3. The normalized spacial score (nSPS) is 11.2. The van der Waals surface area contributed by atoms with E-state index in [2.05, 4.69) is 15.5 Å². The van der Waals surface area contributed by atoms with Crippen LogP contribution < -0.4 is 10.1 Å². The van der Waals surface area contributed by atoms with E-state index in [1.807, 2.05) is 51.1 Å². The number of benzene rings is 2. The molecule has 2 aromatic carbocycles. The lowest BCUT2D eigenvalue weighted by Crippen LogP contribution is -2.47. The lowest BCUT2D eigenvalue weighted by molar-refractivity contribution is -0.135. The van der Waals surface area contributed by atoms with Gasteiger partial charge in [0.2, 0.25) is 11.8 Å². The van der Waals surface area contributed by atoms with Gasteiger partial charge in [0, 0.05) is 12.1 Å². The second-order valence-corrected chi connectivity index (χ2v) is 9.45. The number of halogens is 1. The Balaban J connectivity index is 1.58. The molecule has 3 aromatic rings. The SMILES string of the molecule is CC(C)(C)NC(=O)CN(Cc1ccc(F)cc1)C(=O)CSc1nnc(COc2ccccc2)o1. The third-order valence-electron chi connectivity index (χ3n) is 4.36. The van der Waals surface area contributed by atoms with Gasteiger partial charge in [-0.3, -0.25) is 9.59 Å². The van der Waals surface area contributed by atoms with Crippen LogP contribution in [0.3, 0.4) is 0 Å². The van der Waals surface area contributed by atoms with Gasteiger partial charge in [-0.15, -0.1) is 10.2 Å². The number of aromatic nitrogens is 2. The van der Waals surface area contributed by atoms with Gasteiger partial charge in [0.25, 0.3) is 11.1 Å². The number of hydrogen-bond donors (Lipinski definition) is 1. The summed E-state index contributed by atoms with van der Waals surface area (Å²) in [6.45, 7) is 5.73. The molecule has 0 fully saturated rings. The molecule has 1 aromatic heterocycles. The van der Waals surface area contributed by atoms with Gasteiger partial charge in [-0.05, 0) is 50.6 Å². The van der Waals surface area contributed by atoms with Crippen LogP contribution in [0, 0.1) is 5.82 Å². The minimum Gasteiger partial charge on any atom is -0.484 e. The zero-order valence-electron chi connectivity index (χ0n) is 19.3. The first-order valence-corrected chi connectivity index (χ1v) is 11.6. The first-order valence-electron chi connectivity index (χ1n) is 10.6. The topological polar surface area (TPSA) is 97.6 Å². The van der Waals surface area contributed by atoms with Crippen LogP contribution in [0.1, 0.15) is 32.2 Å². The maximum absolute atomic E-state index is 13.3. The van der Waals surface area contributed by atoms with Gasteiger partial charge < -0.3 is 19.4 Å². The van der Waals surface area contributed by atoms with E-state index < -0.39 is 5.54 Å². The molecule has 0 aliphatic heterocycles. The van der Waals surface area contributed by atoms with Gasteiger partial charge in [0.1, 0.15) is 11.6 Å². The maximum Gasteiger partial charge on any atom is 0.277 e. The van der Waals surface area contributed by atoms with Gasteiger partial charge >= 0.3 is 0 Å². The molecule has 0 aliphatic rings. The molecule has 180 valence electrons. The number of rotatable bonds is 10. The van der Waals surface area contributed by atoms with Crippen LogP contribution in [0.5, 0.6) is 5.75 Å². The first kappa shape index (κ1) is 25.2. The molecule has 0 saturated carbocycles. The highest BCUT2D eigenvalue weighted by Gasteiger charge is 2.22. The quantitative estimate of drug-likeness (QED) is 0.435. The van der Waals surface area contributed by atoms with Crippen molar-refractivity contribution in [1.29, 1.82) is 0 Å². The molecule has 0 unspecified atom stereocenters. The standard InChI is InChI=1S/C24H27FN4O4S/c1-24(2,3)26-20(30)14-29(13-17-9-11-18(25)12-10-17)22(31)16-34-23-28-27-21(33-23)15-32-19-7-5-4-6-8-19/h4-12H,13-16H2,1-3H3,(H,26,30). The number of carbonyl (C=O) groups is 2. The zero-order chi connectivity index (χ0) is 24.6. The van der Waals surface area contributed by atoms with Crippen molar-refractivity contribution in [3.05, 3.63) is 71.9 Å². The number of nitrogens with one attached hydrogen (secondary N) is 1. The molecule has 0 bridgehead atoms. The van der Waals surface area contributed by atoms with Crippen molar-refractivity contribution in [1.82, 2.24) is 20.4 Å². The summed E-state index contributed by atoms with van der Waals surface area (Å²) in [5, 5.41) is 10.9. The summed E-state index contributed by atoms with van der Waals surface area (Å²) in [6, 6.07) is 15.0. The molecular weight excluding hydrogens is 459 g/mol. The third kappa shape index (κ3) is 8.51. The smallest absolute Gasteiger partial charge is 0.277 e. The molecule has 8 nitrogen and oxygen atoms in total. The summed E-state index contributed by atoms with van der Waals surface area (Å²) in [4.78, 5) is 26.8. The summed E-state index contributed by atoms with van der Waals surface area (Å²) in [5.74, 6) is 0.00276. The lowest BCUT2D eigenvalue weighted by atomic mass is 10.1. The van der Waals surface area contributed by atoms with Crippen molar-refractivity contribution < 1.29 is 23.1 Å². The highest BCUT2D eigenvalue weighted by Crippen LogP contribution is 2.19. The summed E-state index contributed by atoms with van der Waals surface area (Å²) in [5.41, 5.74) is 0.278. The summed E-state index contributed by atoms with van der Waals surface area (Å²) < 4.78 is 24.4. The first-order chi connectivity index (χ1) is 16.2. The number of hydrogen-bond acceptors (Lipinski definition) is 7. The van der Waals surface area contributed by atoms with Crippen LogP contribution in [-0.2, 0) is 22.7 Å². The number of para-hydroxylation sites is 1. The minimum absolute atomic E-state index is 0.00876. The highest BCUT2D eigenvalue weighted by molar-refractivity contribution is 7.99. The minimum atomic E-state index is -0.432. The van der Waals surface area contributed by atoms with Crippen LogP contribution in [0.15, 0.2) is 64.2 Å². The van der Waals surface area contributed by atoms with E-state index in [1.54, 1.807) is 12.1 Å². The highest BCUT2D eigenvalue weighted by atomic mass is 32.2. The van der Waals surface area contributed by atoms with Gasteiger partial charge in [-0.1, -0.05) is 42.1 Å². The largest absolute Gasteiger partial charge is 0.484 e. The molecule has 0 atom stereocenters. The van der Waals surface area contributed by atoms with Crippen LogP contribution in [0.4, 0.5) is 4.39 Å². The average molecular weight is 487 g/mol. The number of thioether (sulfide) groups is 1. The number of ether oxygens (including phenoxy) is 1. The molecule has 2 amide bonds. The lowest BCUT2D eigenvalue weighted by Gasteiger charge is -2.26. The molecule has 10 heteroatoms. The van der Waals surface area contributed by atoms with Crippen LogP contribution in [-0.4, -0.2) is 44.7 Å². The number of carbonyl (C=O) groups excluding carboxylic acids is 2. The monoisotopic (exact) mass is 486 g/mol. The Morgan fingerprint density at radius 3 is 2.47 bits per heavy atom. The second kappa shape index (κ2) is 11.6. The molecule has 34 heavy (non-hydrogen) atoms. The predicted molar refractivity (Wildman–Crippen MR) is 126 cm³/mol. The van der Waals surface area contributed by atoms with E-state index in [9.17, 15) is 14.0 Å². The fourth-order valence-electron chi connectivity index (χ4n) is 2.91. The van der Waals surface area contributed by atoms with Crippen molar-refractivity contribution in [2.45, 2.75) is 44.7 Å². The molecule has 1 N–H and O–H groups in total. The van der Waals surface area contributed by atoms with E-state index in [-0.39, 0.29) is 54.2 Å². The third-order valence-corrected chi connectivity index (χ3v) is 5.16. The second-order valence-electron chi connectivity index (χ2n) is 8.53. The van der Waals surface area contributed by atoms with Gasteiger partial charge in [-0.2, -0.15) is 0 Å². The van der Waals surface area contributed by atoms with E-state index >= 15 is 0 Å². The van der Waals surface area contributed by atoms with E-state index in [0.29, 0.717) is 11.3 Å². The van der Waals surface area contributed by atoms with E-state index in [1.165, 1.54) is 17.0 Å². The average Bonchev–Trinajstić information content (AvgIpc) is 3.24. The molecular formula is C24H27FN4O4S. The Hall–Kier alpha value is -3.40. The molecule has 0 spiro atoms. The molecule has 0 radical (unpaired) electrons. The van der Waals surface area contributed by atoms with Crippen molar-refractivity contribution in [2.24, 2.45) is 0 Å². The van der Waals surface area contributed by atoms with Crippen molar-refractivity contribution in [2.75, 3.05) is 12.3 Å². The zero-order valence-corrected chi connectivity index (χ0v) is 20.1. The molecule has 0 saturated heterocycles. The van der Waals surface area contributed by atoms with Gasteiger partial charge in [0.05, 0.1) is 12.3 Å². The van der Waals surface area contributed by atoms with Crippen molar-refractivity contribution >= 4 is 23.6 Å². The van der Waals surface area contributed by atoms with Crippen LogP contribution in [0.25, 0.3) is 0 Å². The predicted octanol–water partition coefficient (Wildman–Crippen LogP) is 3.82. The summed E-state index contributed by atoms with van der Waals surface area (Å²) in [6.07, 6.45) is 0. The fraction of sp³-hybridized carbons (Fsp3) is 0.333. The van der Waals surface area contributed by atoms with Crippen molar-refractivity contribution in [3.63, 3.8) is 0 Å². The van der Waals surface area contributed by atoms with Gasteiger partial charge in [0.15, 0.2) is 6.61 Å². The fourth-order valence-corrected chi connectivity index (χ4v) is 3.59. The van der Waals surface area contributed by atoms with Crippen molar-refractivity contribution in [3.8, 4) is 5.75 Å². The van der Waals surface area contributed by atoms with Gasteiger partial charge in [-0.25, -0.2) is 4.39 Å². The molecule has 1 heterocycles. The van der Waals surface area contributed by atoms with E-state index in [4.69, 9.17) is 9.15 Å². The van der Waals surface area contributed by atoms with Crippen LogP contribution >= 0.6 is 11.8 Å². The number of amides is 2. The van der Waals surface area contributed by atoms with Crippen LogP contribution in [0.2, 0.25) is 0 Å². The number of nitrogens with zero attached hydrogens (tertiary/aromatic N) is 3. The Morgan fingerprint density at radius 1 is 1.09 bits per heavy atom. The van der Waals surface area contributed by atoms with E-state index in [0.717, 1.165) is 11.8 Å². The molecule has 0 aliphatic carbocycles. The Kier molecular flexibility index (Phi) is 8.64. The molecule has 3 rings (SSSR count). The Morgan fingerprint density at radius 2 is 1.79 bits per heavy atom. The summed E-state index contributed by atoms with van der Waals surface area (Å²) >= 11 is 1.07. The summed E-state index contributed by atoms with van der Waals surface area (Å²) in [7, 11) is 0. The Labute approximate surface area is 201 Å².